The summed E-state index contributed by atoms with van der Waals surface area (Å²) >= 11 is 0. The van der Waals surface area contributed by atoms with E-state index in [1.54, 1.807) is 0 Å². The molecule has 0 aliphatic carbocycles. The van der Waals surface area contributed by atoms with Crippen LogP contribution in [0.4, 0.5) is 18.1 Å². The Morgan fingerprint density at radius 3 is 1.72 bits per heavy atom. The van der Waals surface area contributed by atoms with Crippen LogP contribution in [0.3, 0.4) is 0 Å². The molecule has 1 amide bonds. The van der Waals surface area contributed by atoms with Gasteiger partial charge in [-0.05, 0) is 34.6 Å². The zero-order valence-corrected chi connectivity index (χ0v) is 10.8. The van der Waals surface area contributed by atoms with Crippen molar-refractivity contribution in [3.05, 3.63) is 0 Å². The van der Waals surface area contributed by atoms with Crippen molar-refractivity contribution in [1.82, 2.24) is 5.12 Å². The molecule has 0 spiro atoms. The zero-order chi connectivity index (χ0) is 14.9. The predicted molar refractivity (Wildman–Crippen MR) is 55.8 cm³/mol. The quantitative estimate of drug-likeness (QED) is 0.633. The van der Waals surface area contributed by atoms with Gasteiger partial charge in [0.2, 0.25) is 0 Å². The highest BCUT2D eigenvalue weighted by molar-refractivity contribution is 5.83. The van der Waals surface area contributed by atoms with Crippen molar-refractivity contribution in [2.75, 3.05) is 0 Å². The maximum atomic E-state index is 13.9. The Labute approximate surface area is 102 Å². The number of hydrogen-bond donors (Lipinski definition) is 1. The molecule has 0 aromatic heterocycles. The summed E-state index contributed by atoms with van der Waals surface area (Å²) in [6, 6.07) is 0. The number of carboxylic acids is 1. The first-order chi connectivity index (χ1) is 7.73. The SMILES string of the molecule is CC(C)(C)OC(=O)N(F)C(F)(C(=O)O)C(C)(C)F. The fraction of sp³-hybridized carbons (Fsp3) is 0.800. The van der Waals surface area contributed by atoms with E-state index in [9.17, 15) is 22.9 Å². The molecule has 0 heterocycles. The van der Waals surface area contributed by atoms with Crippen molar-refractivity contribution in [1.29, 1.82) is 0 Å². The molecule has 0 aliphatic heterocycles. The summed E-state index contributed by atoms with van der Waals surface area (Å²) in [5, 5.41) is 7.19. The van der Waals surface area contributed by atoms with Gasteiger partial charge in [-0.3, -0.25) is 0 Å². The number of nitrogens with zero attached hydrogens (tertiary/aromatic N) is 1. The second-order valence-corrected chi connectivity index (χ2v) is 5.16. The lowest BCUT2D eigenvalue weighted by molar-refractivity contribution is -0.220. The number of halogens is 3. The van der Waals surface area contributed by atoms with E-state index in [0.717, 1.165) is 0 Å². The Morgan fingerprint density at radius 1 is 1.11 bits per heavy atom. The van der Waals surface area contributed by atoms with Crippen LogP contribution in [-0.2, 0) is 9.53 Å². The minimum absolute atomic E-state index is 0.498. The molecule has 0 saturated carbocycles. The third-order valence-electron chi connectivity index (χ3n) is 1.90. The van der Waals surface area contributed by atoms with Gasteiger partial charge >= 0.3 is 17.9 Å². The van der Waals surface area contributed by atoms with Crippen LogP contribution in [0.15, 0.2) is 0 Å². The maximum Gasteiger partial charge on any atom is 0.442 e. The Balaban J connectivity index is 5.31. The number of amides is 1. The van der Waals surface area contributed by atoms with Crippen molar-refractivity contribution in [2.45, 2.75) is 51.7 Å². The molecule has 0 aromatic carbocycles. The fourth-order valence-electron chi connectivity index (χ4n) is 0.999. The van der Waals surface area contributed by atoms with E-state index in [-0.39, 0.29) is 0 Å². The first-order valence-corrected chi connectivity index (χ1v) is 5.03. The van der Waals surface area contributed by atoms with Crippen LogP contribution in [0.25, 0.3) is 0 Å². The molecular formula is C10H16F3NO4. The molecule has 0 fully saturated rings. The molecule has 5 nitrogen and oxygen atoms in total. The molecule has 0 aromatic rings. The van der Waals surface area contributed by atoms with Crippen LogP contribution in [0.1, 0.15) is 34.6 Å². The van der Waals surface area contributed by atoms with E-state index >= 15 is 0 Å². The molecule has 0 bridgehead atoms. The number of alkyl halides is 2. The Bertz CT molecular complexity index is 348. The number of carbonyl (C=O) groups excluding carboxylic acids is 1. The number of carboxylic acid groups (broad SMARTS) is 1. The predicted octanol–water partition coefficient (Wildman–Crippen LogP) is 2.61. The van der Waals surface area contributed by atoms with Gasteiger partial charge < -0.3 is 9.84 Å². The average molecular weight is 271 g/mol. The summed E-state index contributed by atoms with van der Waals surface area (Å²) in [7, 11) is 0. The fourth-order valence-corrected chi connectivity index (χ4v) is 0.999. The minimum Gasteiger partial charge on any atom is -0.477 e. The smallest absolute Gasteiger partial charge is 0.442 e. The highest BCUT2D eigenvalue weighted by Crippen LogP contribution is 2.35. The van der Waals surface area contributed by atoms with Crippen molar-refractivity contribution >= 4 is 12.1 Å². The van der Waals surface area contributed by atoms with Gasteiger partial charge in [0.15, 0.2) is 5.67 Å². The van der Waals surface area contributed by atoms with Crippen LogP contribution in [0.5, 0.6) is 0 Å². The number of ether oxygens (including phenoxy) is 1. The van der Waals surface area contributed by atoms with Crippen LogP contribution in [-0.4, -0.2) is 39.4 Å². The molecule has 18 heavy (non-hydrogen) atoms. The summed E-state index contributed by atoms with van der Waals surface area (Å²) in [6.45, 7) is 5.08. The number of carbonyl (C=O) groups is 2. The van der Waals surface area contributed by atoms with Crippen LogP contribution in [0.2, 0.25) is 0 Å². The molecule has 106 valence electrons. The molecule has 8 heteroatoms. The Morgan fingerprint density at radius 2 is 1.50 bits per heavy atom. The normalized spacial score (nSPS) is 15.8. The summed E-state index contributed by atoms with van der Waals surface area (Å²) < 4.78 is 45.3. The van der Waals surface area contributed by atoms with E-state index in [2.05, 4.69) is 4.74 Å². The molecule has 0 rings (SSSR count). The maximum absolute atomic E-state index is 13.9. The lowest BCUT2D eigenvalue weighted by atomic mass is 9.98. The van der Waals surface area contributed by atoms with E-state index in [4.69, 9.17) is 5.11 Å². The van der Waals surface area contributed by atoms with Gasteiger partial charge in [0.25, 0.3) is 0 Å². The van der Waals surface area contributed by atoms with Crippen molar-refractivity contribution in [3.8, 4) is 0 Å². The van der Waals surface area contributed by atoms with Gasteiger partial charge in [-0.15, -0.1) is 0 Å². The van der Waals surface area contributed by atoms with Crippen LogP contribution >= 0.6 is 0 Å². The monoisotopic (exact) mass is 271 g/mol. The van der Waals surface area contributed by atoms with Crippen LogP contribution < -0.4 is 0 Å². The molecule has 1 N–H and O–H groups in total. The summed E-state index contributed by atoms with van der Waals surface area (Å²) in [4.78, 5) is 21.9. The molecule has 1 atom stereocenters. The first-order valence-electron chi connectivity index (χ1n) is 5.03. The molecule has 1 unspecified atom stereocenters. The number of rotatable bonds is 3. The molecule has 0 radical (unpaired) electrons. The third-order valence-corrected chi connectivity index (χ3v) is 1.90. The number of aliphatic carboxylic acids is 1. The highest BCUT2D eigenvalue weighted by Gasteiger charge is 2.62. The topological polar surface area (TPSA) is 66.8 Å². The lowest BCUT2D eigenvalue weighted by Gasteiger charge is -2.34. The summed E-state index contributed by atoms with van der Waals surface area (Å²) in [5.41, 5.74) is -4.34. The lowest BCUT2D eigenvalue weighted by Crippen LogP contribution is -2.61. The molecule has 0 saturated heterocycles. The molecule has 0 aliphatic rings. The van der Waals surface area contributed by atoms with Gasteiger partial charge in [-0.2, -0.15) is 0 Å². The molecular weight excluding hydrogens is 255 g/mol. The van der Waals surface area contributed by atoms with Gasteiger partial charge in [0.1, 0.15) is 5.60 Å². The Kier molecular flexibility index (Phi) is 4.28. The Hall–Kier alpha value is -1.47. The van der Waals surface area contributed by atoms with Crippen LogP contribution in [0, 0.1) is 0 Å². The average Bonchev–Trinajstić information content (AvgIpc) is 2.10. The van der Waals surface area contributed by atoms with Gasteiger partial charge in [0.05, 0.1) is 0 Å². The van der Waals surface area contributed by atoms with Crippen molar-refractivity contribution in [3.63, 3.8) is 0 Å². The van der Waals surface area contributed by atoms with Gasteiger partial charge in [0, 0.05) is 0 Å². The second-order valence-electron chi connectivity index (χ2n) is 5.16. The van der Waals surface area contributed by atoms with E-state index < -0.39 is 34.2 Å². The summed E-state index contributed by atoms with van der Waals surface area (Å²) in [6.07, 6.45) is -1.92. The summed E-state index contributed by atoms with van der Waals surface area (Å²) in [5.74, 6) is -6.64. The third kappa shape index (κ3) is 3.27. The zero-order valence-electron chi connectivity index (χ0n) is 10.8. The first kappa shape index (κ1) is 16.5. The van der Waals surface area contributed by atoms with E-state index in [0.29, 0.717) is 13.8 Å². The minimum atomic E-state index is -4.17. The van der Waals surface area contributed by atoms with Crippen molar-refractivity contribution in [2.24, 2.45) is 0 Å². The van der Waals surface area contributed by atoms with Crippen molar-refractivity contribution < 1.29 is 32.7 Å². The van der Waals surface area contributed by atoms with Gasteiger partial charge in [-0.25, -0.2) is 18.4 Å². The van der Waals surface area contributed by atoms with E-state index in [1.165, 1.54) is 20.8 Å². The highest BCUT2D eigenvalue weighted by atomic mass is 19.2. The second kappa shape index (κ2) is 4.66. The number of hydrogen-bond acceptors (Lipinski definition) is 3. The largest absolute Gasteiger partial charge is 0.477 e. The van der Waals surface area contributed by atoms with E-state index in [1.807, 2.05) is 0 Å². The van der Waals surface area contributed by atoms with Gasteiger partial charge in [-0.1, -0.05) is 9.60 Å². The standard InChI is InChI=1S/C10H16F3NO4/c1-8(2,3)18-7(17)14(13)10(12,6(15)16)9(4,5)11/h1-5H3,(H,15,16).